The number of likely N-dealkylation sites (tertiary alicyclic amines) is 1. The molecule has 0 aromatic heterocycles. The van der Waals surface area contributed by atoms with Crippen LogP contribution in [0.1, 0.15) is 30.9 Å². The van der Waals surface area contributed by atoms with E-state index in [4.69, 9.17) is 15.9 Å². The van der Waals surface area contributed by atoms with Gasteiger partial charge in [0, 0.05) is 24.8 Å². The van der Waals surface area contributed by atoms with Crippen LogP contribution in [-0.2, 0) is 4.79 Å². The molecule has 0 aliphatic carbocycles. The molecule has 5 heteroatoms. The Balaban J connectivity index is 1.71. The van der Waals surface area contributed by atoms with Crippen molar-refractivity contribution in [3.05, 3.63) is 23.8 Å². The largest absolute Gasteiger partial charge is 0.490 e. The van der Waals surface area contributed by atoms with Crippen molar-refractivity contribution in [1.29, 1.82) is 0 Å². The van der Waals surface area contributed by atoms with E-state index in [-0.39, 0.29) is 5.91 Å². The number of hydrogen-bond acceptors (Lipinski definition) is 3. The van der Waals surface area contributed by atoms with Gasteiger partial charge in [0.25, 0.3) is 5.91 Å². The van der Waals surface area contributed by atoms with Crippen molar-refractivity contribution >= 4 is 5.91 Å². The molecule has 1 saturated heterocycles. The van der Waals surface area contributed by atoms with Crippen LogP contribution in [0.5, 0.6) is 11.5 Å². The molecule has 0 saturated carbocycles. The number of terminal acetylenes is 1. The first-order chi connectivity index (χ1) is 11.3. The van der Waals surface area contributed by atoms with E-state index in [2.05, 4.69) is 23.4 Å². The first kappa shape index (κ1) is 15.7. The minimum Gasteiger partial charge on any atom is -0.490 e. The van der Waals surface area contributed by atoms with Crippen LogP contribution in [0.3, 0.4) is 0 Å². The highest BCUT2D eigenvalue weighted by Gasteiger charge is 2.32. The molecular weight excluding hydrogens is 292 g/mol. The fraction of sp³-hybridized carbons (Fsp3) is 0.500. The minimum atomic E-state index is 0.0131. The van der Waals surface area contributed by atoms with Crippen LogP contribution in [0.2, 0.25) is 0 Å². The molecule has 2 N–H and O–H groups in total. The second-order valence-electron chi connectivity index (χ2n) is 6.02. The molecule has 2 heterocycles. The van der Waals surface area contributed by atoms with Crippen molar-refractivity contribution in [1.82, 2.24) is 5.32 Å². The van der Waals surface area contributed by atoms with E-state index in [0.29, 0.717) is 32.3 Å². The summed E-state index contributed by atoms with van der Waals surface area (Å²) >= 11 is 0. The lowest BCUT2D eigenvalue weighted by molar-refractivity contribution is -0.910. The van der Waals surface area contributed by atoms with Crippen molar-refractivity contribution in [3.8, 4) is 23.8 Å². The molecule has 1 aromatic rings. The molecule has 2 atom stereocenters. The van der Waals surface area contributed by atoms with Crippen molar-refractivity contribution in [2.24, 2.45) is 0 Å². The fourth-order valence-corrected chi connectivity index (χ4v) is 3.34. The third-order valence-corrected chi connectivity index (χ3v) is 4.43. The molecule has 0 spiro atoms. The Morgan fingerprint density at radius 2 is 2.13 bits per heavy atom. The summed E-state index contributed by atoms with van der Waals surface area (Å²) in [7, 11) is 0. The lowest BCUT2D eigenvalue weighted by Gasteiger charge is -2.22. The predicted molar refractivity (Wildman–Crippen MR) is 86.6 cm³/mol. The molecule has 3 rings (SSSR count). The van der Waals surface area contributed by atoms with Crippen LogP contribution in [0, 0.1) is 12.3 Å². The quantitative estimate of drug-likeness (QED) is 0.787. The summed E-state index contributed by atoms with van der Waals surface area (Å²) in [6.45, 7) is 3.14. The average molecular weight is 315 g/mol. The minimum absolute atomic E-state index is 0.0131. The number of amides is 1. The first-order valence-corrected chi connectivity index (χ1v) is 8.22. The van der Waals surface area contributed by atoms with E-state index in [1.54, 1.807) is 0 Å². The first-order valence-electron chi connectivity index (χ1n) is 8.22. The Labute approximate surface area is 136 Å². The van der Waals surface area contributed by atoms with Gasteiger partial charge in [-0.3, -0.25) is 4.79 Å². The molecule has 122 valence electrons. The van der Waals surface area contributed by atoms with Crippen LogP contribution >= 0.6 is 0 Å². The summed E-state index contributed by atoms with van der Waals surface area (Å²) in [5.74, 6) is 4.09. The zero-order valence-corrected chi connectivity index (χ0v) is 13.3. The van der Waals surface area contributed by atoms with E-state index < -0.39 is 0 Å². The summed E-state index contributed by atoms with van der Waals surface area (Å²) < 4.78 is 11.5. The Morgan fingerprint density at radius 1 is 1.30 bits per heavy atom. The summed E-state index contributed by atoms with van der Waals surface area (Å²) in [6, 6.07) is 6.49. The monoisotopic (exact) mass is 315 g/mol. The Hall–Kier alpha value is -2.19. The zero-order valence-electron chi connectivity index (χ0n) is 13.3. The van der Waals surface area contributed by atoms with Gasteiger partial charge in [0.15, 0.2) is 18.0 Å². The normalized spacial score (nSPS) is 22.9. The molecular formula is C18H23N2O3+. The molecule has 0 radical (unpaired) electrons. The van der Waals surface area contributed by atoms with Gasteiger partial charge in [-0.2, -0.15) is 0 Å². The van der Waals surface area contributed by atoms with Gasteiger partial charge < -0.3 is 19.7 Å². The summed E-state index contributed by atoms with van der Waals surface area (Å²) in [4.78, 5) is 13.2. The topological polar surface area (TPSA) is 52.0 Å². The van der Waals surface area contributed by atoms with E-state index in [9.17, 15) is 4.79 Å². The molecule has 5 nitrogen and oxygen atoms in total. The van der Waals surface area contributed by atoms with Crippen LogP contribution in [0.15, 0.2) is 18.2 Å². The standard InChI is InChI=1S/C18H22N2O3/c1-2-8-19-18(21)13-20-9-3-5-15(20)14-6-7-16-17(12-14)23-11-4-10-22-16/h1,6-7,12,15H,3-5,8-11,13H2,(H,19,21)/p+1/t15-/m1/s1. The van der Waals surface area contributed by atoms with Crippen LogP contribution < -0.4 is 19.7 Å². The molecule has 23 heavy (non-hydrogen) atoms. The number of benzene rings is 1. The van der Waals surface area contributed by atoms with Gasteiger partial charge in [-0.25, -0.2) is 0 Å². The summed E-state index contributed by atoms with van der Waals surface area (Å²) in [5.41, 5.74) is 1.21. The van der Waals surface area contributed by atoms with Crippen molar-refractivity contribution < 1.29 is 19.2 Å². The fourth-order valence-electron chi connectivity index (χ4n) is 3.34. The second kappa shape index (κ2) is 7.38. The molecule has 1 amide bonds. The predicted octanol–water partition coefficient (Wildman–Crippen LogP) is 0.317. The molecule has 1 fully saturated rings. The number of hydrogen-bond donors (Lipinski definition) is 2. The maximum atomic E-state index is 11.9. The van der Waals surface area contributed by atoms with Crippen molar-refractivity contribution in [3.63, 3.8) is 0 Å². The van der Waals surface area contributed by atoms with Gasteiger partial charge in [-0.15, -0.1) is 6.42 Å². The average Bonchev–Trinajstić information content (AvgIpc) is 2.88. The van der Waals surface area contributed by atoms with Gasteiger partial charge in [0.05, 0.1) is 26.3 Å². The van der Waals surface area contributed by atoms with Gasteiger partial charge in [0.1, 0.15) is 6.04 Å². The van der Waals surface area contributed by atoms with Gasteiger partial charge in [-0.05, 0) is 18.2 Å². The molecule has 1 unspecified atom stereocenters. The molecule has 2 aliphatic rings. The Morgan fingerprint density at radius 3 is 2.96 bits per heavy atom. The maximum absolute atomic E-state index is 11.9. The lowest BCUT2D eigenvalue weighted by atomic mass is 10.0. The number of quaternary nitrogens is 1. The number of fused-ring (bicyclic) bond motifs is 1. The van der Waals surface area contributed by atoms with E-state index in [1.807, 2.05) is 6.07 Å². The zero-order chi connectivity index (χ0) is 16.1. The van der Waals surface area contributed by atoms with Crippen molar-refractivity contribution in [2.75, 3.05) is 32.8 Å². The molecule has 2 aliphatic heterocycles. The number of ether oxygens (including phenoxy) is 2. The lowest BCUT2D eigenvalue weighted by Crippen LogP contribution is -3.11. The third-order valence-electron chi connectivity index (χ3n) is 4.43. The van der Waals surface area contributed by atoms with Gasteiger partial charge in [0.2, 0.25) is 0 Å². The van der Waals surface area contributed by atoms with Gasteiger partial charge >= 0.3 is 0 Å². The second-order valence-corrected chi connectivity index (χ2v) is 6.02. The Bertz CT molecular complexity index is 609. The number of nitrogens with one attached hydrogen (secondary N) is 2. The highest BCUT2D eigenvalue weighted by molar-refractivity contribution is 5.77. The highest BCUT2D eigenvalue weighted by atomic mass is 16.5. The van der Waals surface area contributed by atoms with Crippen LogP contribution in [0.25, 0.3) is 0 Å². The van der Waals surface area contributed by atoms with E-state index >= 15 is 0 Å². The van der Waals surface area contributed by atoms with E-state index in [1.165, 1.54) is 10.5 Å². The summed E-state index contributed by atoms with van der Waals surface area (Å²) in [5, 5.41) is 2.75. The number of carbonyl (C=O) groups is 1. The number of carbonyl (C=O) groups excluding carboxylic acids is 1. The molecule has 0 bridgehead atoms. The van der Waals surface area contributed by atoms with Crippen LogP contribution in [-0.4, -0.2) is 38.8 Å². The van der Waals surface area contributed by atoms with E-state index in [0.717, 1.165) is 37.3 Å². The third kappa shape index (κ3) is 3.77. The number of rotatable bonds is 4. The summed E-state index contributed by atoms with van der Waals surface area (Å²) in [6.07, 6.45) is 8.29. The smallest absolute Gasteiger partial charge is 0.275 e. The van der Waals surface area contributed by atoms with Gasteiger partial charge in [-0.1, -0.05) is 5.92 Å². The Kier molecular flexibility index (Phi) is 5.04. The van der Waals surface area contributed by atoms with Crippen LogP contribution in [0.4, 0.5) is 0 Å². The SMILES string of the molecule is C#CCNC(=O)C[NH+]1CCC[C@@H]1c1ccc2c(c1)OCCCO2. The van der Waals surface area contributed by atoms with Crippen molar-refractivity contribution in [2.45, 2.75) is 25.3 Å². The highest BCUT2D eigenvalue weighted by Crippen LogP contribution is 2.33. The maximum Gasteiger partial charge on any atom is 0.275 e. The molecule has 1 aromatic carbocycles.